The lowest BCUT2D eigenvalue weighted by Crippen LogP contribution is -2.18. The molecule has 0 fully saturated rings. The highest BCUT2D eigenvalue weighted by Gasteiger charge is 2.11. The second-order valence-electron chi connectivity index (χ2n) is 4.49. The van der Waals surface area contributed by atoms with E-state index in [1.165, 1.54) is 0 Å². The maximum atomic E-state index is 11.7. The first-order chi connectivity index (χ1) is 10.0. The molecule has 0 aliphatic heterocycles. The molecule has 0 aliphatic carbocycles. The second kappa shape index (κ2) is 6.56. The third-order valence-corrected chi connectivity index (χ3v) is 2.72. The summed E-state index contributed by atoms with van der Waals surface area (Å²) in [6.45, 7) is 1.47. The van der Waals surface area contributed by atoms with Gasteiger partial charge in [0.05, 0.1) is 5.56 Å². The molecule has 0 unspecified atom stereocenters. The molecule has 2 aromatic carbocycles. The summed E-state index contributed by atoms with van der Waals surface area (Å²) in [5.41, 5.74) is 7.52. The van der Waals surface area contributed by atoms with Crippen LogP contribution in [-0.2, 0) is 9.53 Å². The van der Waals surface area contributed by atoms with Crippen molar-refractivity contribution in [1.82, 2.24) is 0 Å². The fourth-order valence-electron chi connectivity index (χ4n) is 1.59. The van der Waals surface area contributed by atoms with Crippen LogP contribution < -0.4 is 10.5 Å². The van der Waals surface area contributed by atoms with E-state index in [1.54, 1.807) is 48.5 Å². The van der Waals surface area contributed by atoms with E-state index in [0.29, 0.717) is 17.0 Å². The number of rotatable bonds is 4. The van der Waals surface area contributed by atoms with Crippen molar-refractivity contribution in [3.63, 3.8) is 0 Å². The summed E-state index contributed by atoms with van der Waals surface area (Å²) in [4.78, 5) is 23.3. The largest absolute Gasteiger partial charge is 0.450 e. The Morgan fingerprint density at radius 2 is 1.62 bits per heavy atom. The number of anilines is 1. The first-order valence-corrected chi connectivity index (χ1v) is 6.34. The van der Waals surface area contributed by atoms with Gasteiger partial charge in [-0.05, 0) is 43.3 Å². The summed E-state index contributed by atoms with van der Waals surface area (Å²) in [5.74, 6) is -0.870. The Morgan fingerprint density at radius 1 is 1.00 bits per heavy atom. The van der Waals surface area contributed by atoms with Crippen molar-refractivity contribution >= 4 is 17.6 Å². The summed E-state index contributed by atoms with van der Waals surface area (Å²) < 4.78 is 9.89. The Balaban J connectivity index is 1.84. The van der Waals surface area contributed by atoms with Crippen molar-refractivity contribution in [2.45, 2.75) is 6.92 Å². The van der Waals surface area contributed by atoms with Crippen LogP contribution in [0, 0.1) is 6.92 Å². The molecule has 0 aliphatic rings. The molecule has 0 radical (unpaired) electrons. The number of ether oxygens (including phenoxy) is 2. The third kappa shape index (κ3) is 4.35. The summed E-state index contributed by atoms with van der Waals surface area (Å²) in [6, 6.07) is 13.2. The predicted octanol–water partition coefficient (Wildman–Crippen LogP) is 2.34. The van der Waals surface area contributed by atoms with Crippen LogP contribution in [-0.4, -0.2) is 18.5 Å². The van der Waals surface area contributed by atoms with E-state index in [4.69, 9.17) is 15.2 Å². The molecule has 5 nitrogen and oxygen atoms in total. The molecule has 0 amide bonds. The van der Waals surface area contributed by atoms with Gasteiger partial charge in [0.2, 0.25) is 0 Å². The zero-order chi connectivity index (χ0) is 15.2. The molecule has 0 atom stereocenters. The zero-order valence-corrected chi connectivity index (χ0v) is 11.5. The van der Waals surface area contributed by atoms with Gasteiger partial charge < -0.3 is 15.2 Å². The predicted molar refractivity (Wildman–Crippen MR) is 78.0 cm³/mol. The van der Waals surface area contributed by atoms with Gasteiger partial charge in [-0.3, -0.25) is 0 Å². The van der Waals surface area contributed by atoms with Crippen molar-refractivity contribution in [3.05, 3.63) is 59.7 Å². The Bertz CT molecular complexity index is 632. The number of carbonyl (C=O) groups is 2. The molecule has 2 aromatic rings. The van der Waals surface area contributed by atoms with E-state index < -0.39 is 18.5 Å². The SMILES string of the molecule is Cc1ccc(C(=O)OCC(=O)Oc2ccc(N)cc2)cc1. The Kier molecular flexibility index (Phi) is 4.56. The molecule has 2 N–H and O–H groups in total. The van der Waals surface area contributed by atoms with E-state index in [-0.39, 0.29) is 0 Å². The average molecular weight is 285 g/mol. The first-order valence-electron chi connectivity index (χ1n) is 6.34. The van der Waals surface area contributed by atoms with Gasteiger partial charge in [-0.15, -0.1) is 0 Å². The van der Waals surface area contributed by atoms with Gasteiger partial charge in [0.1, 0.15) is 5.75 Å². The summed E-state index contributed by atoms with van der Waals surface area (Å²) in [5, 5.41) is 0. The maximum Gasteiger partial charge on any atom is 0.349 e. The standard InChI is InChI=1S/C16H15NO4/c1-11-2-4-12(5-3-11)16(19)20-10-15(18)21-14-8-6-13(17)7-9-14/h2-9H,10,17H2,1H3. The van der Waals surface area contributed by atoms with E-state index >= 15 is 0 Å². The quantitative estimate of drug-likeness (QED) is 0.530. The number of aryl methyl sites for hydroxylation is 1. The highest BCUT2D eigenvalue weighted by atomic mass is 16.6. The van der Waals surface area contributed by atoms with Crippen LogP contribution >= 0.6 is 0 Å². The number of hydrogen-bond acceptors (Lipinski definition) is 5. The summed E-state index contributed by atoms with van der Waals surface area (Å²) >= 11 is 0. The number of nitrogen functional groups attached to an aromatic ring is 1. The van der Waals surface area contributed by atoms with Crippen LogP contribution in [0.1, 0.15) is 15.9 Å². The summed E-state index contributed by atoms with van der Waals surface area (Å²) in [7, 11) is 0. The lowest BCUT2D eigenvalue weighted by molar-refractivity contribution is -0.137. The molecule has 0 saturated heterocycles. The molecule has 0 aromatic heterocycles. The van der Waals surface area contributed by atoms with Crippen molar-refractivity contribution < 1.29 is 19.1 Å². The molecule has 108 valence electrons. The monoisotopic (exact) mass is 285 g/mol. The normalized spacial score (nSPS) is 9.95. The number of nitrogens with two attached hydrogens (primary N) is 1. The highest BCUT2D eigenvalue weighted by Crippen LogP contribution is 2.13. The minimum absolute atomic E-state index is 0.348. The molecule has 0 spiro atoms. The van der Waals surface area contributed by atoms with Crippen molar-refractivity contribution in [1.29, 1.82) is 0 Å². The first kappa shape index (κ1) is 14.6. The van der Waals surface area contributed by atoms with Crippen LogP contribution in [0.4, 0.5) is 5.69 Å². The van der Waals surface area contributed by atoms with Gasteiger partial charge in [-0.2, -0.15) is 0 Å². The Morgan fingerprint density at radius 3 is 2.24 bits per heavy atom. The average Bonchev–Trinajstić information content (AvgIpc) is 2.48. The van der Waals surface area contributed by atoms with Gasteiger partial charge in [0.15, 0.2) is 6.61 Å². The fourth-order valence-corrected chi connectivity index (χ4v) is 1.59. The topological polar surface area (TPSA) is 78.6 Å². The van der Waals surface area contributed by atoms with Crippen LogP contribution in [0.15, 0.2) is 48.5 Å². The smallest absolute Gasteiger partial charge is 0.349 e. The number of esters is 2. The van der Waals surface area contributed by atoms with E-state index in [9.17, 15) is 9.59 Å². The molecule has 0 saturated carbocycles. The number of hydrogen-bond donors (Lipinski definition) is 1. The summed E-state index contributed by atoms with van der Waals surface area (Å²) in [6.07, 6.45) is 0. The van der Waals surface area contributed by atoms with E-state index in [0.717, 1.165) is 5.56 Å². The zero-order valence-electron chi connectivity index (χ0n) is 11.5. The maximum absolute atomic E-state index is 11.7. The van der Waals surface area contributed by atoms with Crippen LogP contribution in [0.3, 0.4) is 0 Å². The Labute approximate surface area is 122 Å². The van der Waals surface area contributed by atoms with Gasteiger partial charge in [-0.25, -0.2) is 9.59 Å². The van der Waals surface area contributed by atoms with Crippen molar-refractivity contribution in [3.8, 4) is 5.75 Å². The van der Waals surface area contributed by atoms with Crippen LogP contribution in [0.25, 0.3) is 0 Å². The minimum atomic E-state index is -0.653. The van der Waals surface area contributed by atoms with Gasteiger partial charge in [-0.1, -0.05) is 17.7 Å². The van der Waals surface area contributed by atoms with Gasteiger partial charge in [0, 0.05) is 5.69 Å². The fraction of sp³-hybridized carbons (Fsp3) is 0.125. The molecule has 0 heterocycles. The van der Waals surface area contributed by atoms with Crippen LogP contribution in [0.2, 0.25) is 0 Å². The van der Waals surface area contributed by atoms with E-state index in [2.05, 4.69) is 0 Å². The van der Waals surface area contributed by atoms with Crippen molar-refractivity contribution in [2.24, 2.45) is 0 Å². The molecule has 21 heavy (non-hydrogen) atoms. The molecular formula is C16H15NO4. The lowest BCUT2D eigenvalue weighted by Gasteiger charge is -2.06. The minimum Gasteiger partial charge on any atom is -0.450 e. The van der Waals surface area contributed by atoms with E-state index in [1.807, 2.05) is 6.92 Å². The second-order valence-corrected chi connectivity index (χ2v) is 4.49. The van der Waals surface area contributed by atoms with Gasteiger partial charge >= 0.3 is 11.9 Å². The lowest BCUT2D eigenvalue weighted by atomic mass is 10.1. The van der Waals surface area contributed by atoms with Crippen molar-refractivity contribution in [2.75, 3.05) is 12.3 Å². The number of benzene rings is 2. The highest BCUT2D eigenvalue weighted by molar-refractivity contribution is 5.90. The molecule has 2 rings (SSSR count). The Hall–Kier alpha value is -2.82. The number of carbonyl (C=O) groups excluding carboxylic acids is 2. The van der Waals surface area contributed by atoms with Crippen LogP contribution in [0.5, 0.6) is 5.75 Å². The third-order valence-electron chi connectivity index (χ3n) is 2.72. The molecule has 0 bridgehead atoms. The molecule has 5 heteroatoms. The van der Waals surface area contributed by atoms with Gasteiger partial charge in [0.25, 0.3) is 0 Å². The molecular weight excluding hydrogens is 270 g/mol.